The van der Waals surface area contributed by atoms with E-state index in [-0.39, 0.29) is 101 Å². The molecular formula is C99H84Ir5N16-10. The van der Waals surface area contributed by atoms with Gasteiger partial charge in [-0.3, -0.25) is 0 Å². The van der Waals surface area contributed by atoms with Gasteiger partial charge in [-0.15, -0.1) is 61.8 Å². The molecule has 20 rings (SSSR count). The third-order valence-electron chi connectivity index (χ3n) is 20.0. The first-order chi connectivity index (χ1) is 56.2. The van der Waals surface area contributed by atoms with Crippen molar-refractivity contribution in [2.45, 2.75) is 69.2 Å². The summed E-state index contributed by atoms with van der Waals surface area (Å²) in [5.74, 6) is 5.22. The molecule has 0 saturated carbocycles. The van der Waals surface area contributed by atoms with Gasteiger partial charge in [0, 0.05) is 152 Å². The van der Waals surface area contributed by atoms with E-state index in [0.29, 0.717) is 0 Å². The van der Waals surface area contributed by atoms with Crippen molar-refractivity contribution in [1.82, 2.24) is 29.9 Å². The monoisotopic (exact) mass is 2460 g/mol. The Morgan fingerprint density at radius 2 is 0.500 bits per heavy atom. The smallest absolute Gasteiger partial charge is 0.146 e. The van der Waals surface area contributed by atoms with E-state index < -0.39 is 0 Å². The Balaban J connectivity index is 0.000000145. The zero-order valence-electron chi connectivity index (χ0n) is 67.5. The Morgan fingerprint density at radius 1 is 0.208 bits per heavy atom. The topological polar surface area (TPSA) is 110 Å². The zero-order valence-corrected chi connectivity index (χ0v) is 79.5. The molecule has 15 aromatic rings. The molecule has 0 amide bonds. The molecular weight excluding hydrogens is 2370 g/mol. The van der Waals surface area contributed by atoms with Crippen molar-refractivity contribution in [3.8, 4) is 0 Å². The summed E-state index contributed by atoms with van der Waals surface area (Å²) in [5.41, 5.74) is 26.5. The van der Waals surface area contributed by atoms with Crippen LogP contribution in [0.1, 0.15) is 56.0 Å². The molecule has 21 heteroatoms. The van der Waals surface area contributed by atoms with Crippen molar-refractivity contribution in [3.05, 3.63) is 417 Å². The normalized spacial score (nSPS) is 12.8. The van der Waals surface area contributed by atoms with Gasteiger partial charge >= 0.3 is 0 Å². The van der Waals surface area contributed by atoms with Crippen molar-refractivity contribution in [2.24, 2.45) is 0 Å². The number of anilines is 20. The maximum Gasteiger partial charge on any atom is 0.146 e. The maximum atomic E-state index is 4.77. The SMILES string of the molecule is Cc1ccc2c(c1)N(c1ccccc1C)[CH-]N2c1[c-]cccc1.Cc1ccc2c(n1)N(c1ccccc1C)[CH-]N2c1[c-]cccc1.Cc1cnc2c(c1)N(c1ccccc1C)[CH-]N2c1[c-]cccc1.Cc1cnc2c(n1)N(c1[c-]cccc1)[CH-]N2c1ccccc1C.Cc1cnc2c(n1)N(c1ccccc1C)[CH-]N2c1[c-]cccc1.[Ir].[Ir].[Ir].[Ir].[Ir]. The van der Waals surface area contributed by atoms with E-state index in [1.54, 1.807) is 12.4 Å². The number of aromatic nitrogens is 6. The number of para-hydroxylation sites is 10. The maximum absolute atomic E-state index is 4.77. The molecule has 0 aliphatic carbocycles. The third-order valence-corrected chi connectivity index (χ3v) is 20.0. The van der Waals surface area contributed by atoms with Crippen LogP contribution in [0.15, 0.2) is 298 Å². The molecule has 0 spiro atoms. The predicted molar refractivity (Wildman–Crippen MR) is 468 cm³/mol. The minimum Gasteiger partial charge on any atom is -0.493 e. The predicted octanol–water partition coefficient (Wildman–Crippen LogP) is 23.9. The molecule has 9 heterocycles. The van der Waals surface area contributed by atoms with Gasteiger partial charge in [0.05, 0.1) is 35.2 Å². The summed E-state index contributed by atoms with van der Waals surface area (Å²) in [5, 5.41) is 0. The molecule has 4 aromatic heterocycles. The van der Waals surface area contributed by atoms with Gasteiger partial charge < -0.3 is 49.0 Å². The molecule has 0 N–H and O–H groups in total. The van der Waals surface area contributed by atoms with E-state index in [1.165, 1.54) is 56.1 Å². The van der Waals surface area contributed by atoms with Crippen molar-refractivity contribution in [2.75, 3.05) is 49.0 Å². The van der Waals surface area contributed by atoms with Gasteiger partial charge in [-0.1, -0.05) is 97.1 Å². The van der Waals surface area contributed by atoms with Crippen LogP contribution in [0.25, 0.3) is 0 Å². The van der Waals surface area contributed by atoms with Gasteiger partial charge in [0.25, 0.3) is 0 Å². The molecule has 0 atom stereocenters. The molecule has 5 aliphatic rings. The molecule has 5 aliphatic heterocycles. The largest absolute Gasteiger partial charge is 0.493 e. The molecule has 0 fully saturated rings. The first-order valence-electron chi connectivity index (χ1n) is 38.2. The number of pyridine rings is 2. The Morgan fingerprint density at radius 3 is 0.925 bits per heavy atom. The van der Waals surface area contributed by atoms with Crippen molar-refractivity contribution in [1.29, 1.82) is 0 Å². The van der Waals surface area contributed by atoms with Crippen molar-refractivity contribution < 1.29 is 101 Å². The number of fused-ring (bicyclic) bond motifs is 5. The fourth-order valence-corrected chi connectivity index (χ4v) is 14.2. The molecule has 16 nitrogen and oxygen atoms in total. The van der Waals surface area contributed by atoms with Crippen LogP contribution < -0.4 is 49.0 Å². The Bertz CT molecular complexity index is 5340. The summed E-state index contributed by atoms with van der Waals surface area (Å²) in [6.07, 6.45) is 5.50. The molecule has 11 aromatic carbocycles. The number of hydrogen-bond acceptors (Lipinski definition) is 16. The Hall–Kier alpha value is -10.9. The average Bonchev–Trinajstić information content (AvgIpc) is 1.64. The number of benzene rings is 11. The van der Waals surface area contributed by atoms with Crippen LogP contribution in [-0.4, -0.2) is 29.9 Å². The second kappa shape index (κ2) is 40.9. The molecule has 615 valence electrons. The fraction of sp³-hybridized carbons (Fsp3) is 0.101. The summed E-state index contributed by atoms with van der Waals surface area (Å²) in [6, 6.07) is 111. The van der Waals surface area contributed by atoms with Crippen LogP contribution >= 0.6 is 0 Å². The number of hydrogen-bond donors (Lipinski definition) is 0. The van der Waals surface area contributed by atoms with Crippen molar-refractivity contribution in [3.63, 3.8) is 0 Å². The molecule has 0 unspecified atom stereocenters. The van der Waals surface area contributed by atoms with Crippen LogP contribution in [0.5, 0.6) is 0 Å². The van der Waals surface area contributed by atoms with E-state index in [2.05, 4.69) is 297 Å². The van der Waals surface area contributed by atoms with Crippen LogP contribution in [0.4, 0.5) is 115 Å². The second-order valence-electron chi connectivity index (χ2n) is 28.4. The van der Waals surface area contributed by atoms with Crippen LogP contribution in [0, 0.1) is 133 Å². The van der Waals surface area contributed by atoms with Gasteiger partial charge in [-0.05, 0) is 169 Å². The van der Waals surface area contributed by atoms with E-state index in [0.717, 1.165) is 114 Å². The van der Waals surface area contributed by atoms with E-state index >= 15 is 0 Å². The Labute approximate surface area is 773 Å². The first kappa shape index (κ1) is 89.9. The van der Waals surface area contributed by atoms with E-state index in [9.17, 15) is 0 Å². The number of aryl methyl sites for hydroxylation is 10. The third kappa shape index (κ3) is 19.4. The first-order valence-corrected chi connectivity index (χ1v) is 38.2. The molecule has 5 radical (unpaired) electrons. The number of nitrogens with zero attached hydrogens (tertiary/aromatic N) is 16. The Kier molecular flexibility index (Phi) is 30.7. The van der Waals surface area contributed by atoms with Gasteiger partial charge in [0.2, 0.25) is 0 Å². The van der Waals surface area contributed by atoms with Gasteiger partial charge in [-0.25, -0.2) is 29.9 Å². The van der Waals surface area contributed by atoms with Gasteiger partial charge in [0.1, 0.15) is 34.9 Å². The summed E-state index contributed by atoms with van der Waals surface area (Å²) in [4.78, 5) is 49.3. The fourth-order valence-electron chi connectivity index (χ4n) is 14.2. The average molecular weight is 2460 g/mol. The van der Waals surface area contributed by atoms with Crippen molar-refractivity contribution >= 4 is 115 Å². The molecule has 0 bridgehead atoms. The van der Waals surface area contributed by atoms with E-state index in [4.69, 9.17) is 9.97 Å². The standard InChI is InChI=1S/C21H18N2.2C20H17N3.2C19H16N4.5Ir/c1-16-12-13-20-21(14-16)23(19-11-7-6-8-17(19)2)15-22(20)18-9-4-3-5-10-18;1-15-12-19-20(21-13-15)22(17-9-4-3-5-10-17)14-23(19)18-11-7-6-8-16(18)2;1-15-8-6-7-11-18(15)23-14-22(17-9-4-3-5-10-17)19-13-12-16(2)21-20(19)23;1-14-8-6-7-11-17(14)23-13-22(16-9-4-3-5-10-16)19-18(23)20-12-15(2)21-19;1-14-8-6-7-11-17(14)23-13-22(16-9-4-3-5-10-16)18-19(23)21-15(2)12-20-18;;;;;/h3-9,11-15H,1-2H3;2*3-9,11-14H,1-2H3;2*3-9,11-13H,1-2H3;;;;;/q5*-2;;;;;. The zero-order chi connectivity index (χ0) is 79.1. The van der Waals surface area contributed by atoms with Gasteiger partial charge in [-0.2, -0.15) is 152 Å². The summed E-state index contributed by atoms with van der Waals surface area (Å²) in [7, 11) is 0. The summed E-state index contributed by atoms with van der Waals surface area (Å²) in [6.45, 7) is 31.1. The molecule has 0 saturated heterocycles. The van der Waals surface area contributed by atoms with Gasteiger partial charge in [0.15, 0.2) is 0 Å². The second-order valence-corrected chi connectivity index (χ2v) is 28.4. The van der Waals surface area contributed by atoms with Crippen LogP contribution in [0.3, 0.4) is 0 Å². The minimum absolute atomic E-state index is 0. The molecule has 120 heavy (non-hydrogen) atoms. The van der Waals surface area contributed by atoms with Crippen LogP contribution in [0.2, 0.25) is 0 Å². The summed E-state index contributed by atoms with van der Waals surface area (Å²) < 4.78 is 0. The van der Waals surface area contributed by atoms with E-state index in [1.807, 2.05) is 190 Å². The minimum atomic E-state index is 0. The number of rotatable bonds is 10. The quantitative estimate of drug-likeness (QED) is 0.121. The van der Waals surface area contributed by atoms with Crippen LogP contribution in [-0.2, 0) is 101 Å². The summed E-state index contributed by atoms with van der Waals surface area (Å²) >= 11 is 0.